The van der Waals surface area contributed by atoms with Gasteiger partial charge in [-0.15, -0.1) is 0 Å². The molecule has 0 radical (unpaired) electrons. The zero-order valence-electron chi connectivity index (χ0n) is 25.6. The van der Waals surface area contributed by atoms with Gasteiger partial charge in [0.1, 0.15) is 0 Å². The highest BCUT2D eigenvalue weighted by molar-refractivity contribution is 4.41. The van der Waals surface area contributed by atoms with Crippen molar-refractivity contribution in [2.75, 3.05) is 82.3 Å². The Balaban J connectivity index is -0.0000000496. The maximum atomic E-state index is 4.54. The van der Waals surface area contributed by atoms with Crippen LogP contribution in [0.15, 0.2) is 0 Å². The van der Waals surface area contributed by atoms with Crippen LogP contribution in [-0.4, -0.2) is 82.3 Å². The smallest absolute Gasteiger partial charge is 0.0433 e. The minimum atomic E-state index is 0.819. The van der Waals surface area contributed by atoms with Gasteiger partial charge in [0.15, 0.2) is 0 Å². The maximum Gasteiger partial charge on any atom is 0.0433 e. The molecule has 0 bridgehead atoms. The third-order valence-electron chi connectivity index (χ3n) is 3.44. The topological polar surface area (TPSA) is 55.4 Å². The van der Waals surface area contributed by atoms with E-state index < -0.39 is 0 Å². The lowest BCUT2D eigenvalue weighted by atomic mass is 10.1. The fraction of sp³-hybridized carbons (Fsp3) is 1.00. The second-order valence-electron chi connectivity index (χ2n) is 6.23. The van der Waals surface area contributed by atoms with E-state index in [2.05, 4.69) is 42.3 Å². The number of methoxy groups -OCH3 is 6. The monoisotopic (exact) mass is 489 g/mol. The van der Waals surface area contributed by atoms with Crippen molar-refractivity contribution >= 4 is 0 Å². The van der Waals surface area contributed by atoms with Crippen molar-refractivity contribution in [2.24, 2.45) is 0 Å². The fourth-order valence-electron chi connectivity index (χ4n) is 1.03. The molecule has 212 valence electrons. The van der Waals surface area contributed by atoms with Crippen LogP contribution in [0.4, 0.5) is 0 Å². The predicted octanol–water partition coefficient (Wildman–Crippen LogP) is 7.67. The summed E-state index contributed by atoms with van der Waals surface area (Å²) in [5.41, 5.74) is 0. The third-order valence-corrected chi connectivity index (χ3v) is 3.44. The van der Waals surface area contributed by atoms with E-state index in [1.807, 2.05) is 41.5 Å². The Morgan fingerprint density at radius 2 is 0.394 bits per heavy atom. The Morgan fingerprint density at radius 3 is 0.485 bits per heavy atom. The van der Waals surface area contributed by atoms with Crippen molar-refractivity contribution in [2.45, 2.75) is 100 Å². The van der Waals surface area contributed by atoms with Gasteiger partial charge in [-0.1, -0.05) is 58.8 Å². The average Bonchev–Trinajstić information content (AvgIpc) is 2.89. The molecule has 6 heteroatoms. The lowest BCUT2D eigenvalue weighted by molar-refractivity contribution is 0.215. The van der Waals surface area contributed by atoms with Crippen molar-refractivity contribution in [3.63, 3.8) is 0 Å². The summed E-state index contributed by atoms with van der Waals surface area (Å²) in [7, 11) is 10.1. The zero-order chi connectivity index (χ0) is 27.4. The maximum absolute atomic E-state index is 4.54. The summed E-state index contributed by atoms with van der Waals surface area (Å²) < 4.78 is 27.2. The predicted molar refractivity (Wildman–Crippen MR) is 149 cm³/mol. The molecule has 0 aromatic rings. The first-order valence-corrected chi connectivity index (χ1v) is 12.8. The van der Waals surface area contributed by atoms with Crippen LogP contribution in [0.5, 0.6) is 0 Å². The fourth-order valence-corrected chi connectivity index (χ4v) is 1.03. The van der Waals surface area contributed by atoms with Crippen molar-refractivity contribution in [1.29, 1.82) is 0 Å². The van der Waals surface area contributed by atoms with Gasteiger partial charge in [-0.25, -0.2) is 0 Å². The molecule has 0 aliphatic heterocycles. The molecule has 0 rings (SSSR count). The largest absolute Gasteiger partial charge is 0.385 e. The summed E-state index contributed by atoms with van der Waals surface area (Å²) in [6.45, 7) is 21.2. The molecule has 0 aliphatic rings. The van der Waals surface area contributed by atoms with Crippen LogP contribution in [0.25, 0.3) is 0 Å². The van der Waals surface area contributed by atoms with Crippen LogP contribution < -0.4 is 0 Å². The van der Waals surface area contributed by atoms with Crippen LogP contribution >= 0.6 is 0 Å². The molecule has 0 unspecified atom stereocenters. The Morgan fingerprint density at radius 1 is 0.273 bits per heavy atom. The summed E-state index contributed by atoms with van der Waals surface area (Å²) in [5.74, 6) is 0. The van der Waals surface area contributed by atoms with E-state index in [4.69, 9.17) is 0 Å². The Kier molecular flexibility index (Phi) is 129. The van der Waals surface area contributed by atoms with Gasteiger partial charge in [0.2, 0.25) is 0 Å². The van der Waals surface area contributed by atoms with Crippen LogP contribution in [0.1, 0.15) is 100 Å². The molecule has 0 spiro atoms. The lowest BCUT2D eigenvalue weighted by Crippen LogP contribution is -1.76. The summed E-state index contributed by atoms with van der Waals surface area (Å²) in [6.07, 6.45) is 9.97. The van der Waals surface area contributed by atoms with E-state index in [1.54, 1.807) is 42.7 Å². The van der Waals surface area contributed by atoms with Crippen molar-refractivity contribution in [3.8, 4) is 0 Å². The van der Waals surface area contributed by atoms with Crippen molar-refractivity contribution < 1.29 is 28.4 Å². The second-order valence-corrected chi connectivity index (χ2v) is 6.23. The van der Waals surface area contributed by atoms with Crippen LogP contribution in [0.2, 0.25) is 0 Å². The molecule has 0 saturated heterocycles. The van der Waals surface area contributed by atoms with E-state index in [0.717, 1.165) is 39.6 Å². The molecule has 0 fully saturated rings. The van der Waals surface area contributed by atoms with Gasteiger partial charge in [-0.2, -0.15) is 0 Å². The molecule has 0 atom stereocenters. The molecule has 0 aromatic heterocycles. The zero-order valence-corrected chi connectivity index (χ0v) is 25.6. The molecular weight excluding hydrogens is 420 g/mol. The molecular formula is C27H68O6. The van der Waals surface area contributed by atoms with Crippen molar-refractivity contribution in [1.82, 2.24) is 0 Å². The number of ether oxygens (including phenoxy) is 6. The Labute approximate surface area is 211 Å². The van der Waals surface area contributed by atoms with E-state index in [9.17, 15) is 0 Å². The van der Waals surface area contributed by atoms with Gasteiger partial charge in [-0.05, 0) is 41.5 Å². The molecule has 6 nitrogen and oxygen atoms in total. The van der Waals surface area contributed by atoms with Crippen molar-refractivity contribution in [3.05, 3.63) is 0 Å². The molecule has 0 amide bonds. The van der Waals surface area contributed by atoms with E-state index >= 15 is 0 Å². The minimum absolute atomic E-state index is 0.819. The normalized spacial score (nSPS) is 8.18. The van der Waals surface area contributed by atoms with E-state index in [0.29, 0.717) is 0 Å². The second kappa shape index (κ2) is 85.4. The van der Waals surface area contributed by atoms with Gasteiger partial charge >= 0.3 is 0 Å². The van der Waals surface area contributed by atoms with Gasteiger partial charge in [-0.3, -0.25) is 0 Å². The highest BCUT2D eigenvalue weighted by Crippen LogP contribution is 2.05. The van der Waals surface area contributed by atoms with Gasteiger partial charge in [0.05, 0.1) is 0 Å². The lowest BCUT2D eigenvalue weighted by Gasteiger charge is -1.96. The Hall–Kier alpha value is -0.240. The van der Waals surface area contributed by atoms with Crippen LogP contribution in [0.3, 0.4) is 0 Å². The number of hydrogen-bond donors (Lipinski definition) is 0. The molecule has 0 N–H and O–H groups in total. The highest BCUT2D eigenvalue weighted by Gasteiger charge is 1.85. The standard InChI is InChI=1S/C9H20.6C3H8O/c1-3-5-7-9-8-6-4-2;6*1-3-4-2/h3-9H2,1-2H3;6*3H2,1-2H3. The first-order valence-electron chi connectivity index (χ1n) is 12.8. The number of hydrogen-bond acceptors (Lipinski definition) is 6. The van der Waals surface area contributed by atoms with Crippen LogP contribution in [0, 0.1) is 0 Å². The Bertz CT molecular complexity index is 135. The summed E-state index contributed by atoms with van der Waals surface area (Å²) in [5, 5.41) is 0. The van der Waals surface area contributed by atoms with Crippen LogP contribution in [-0.2, 0) is 28.4 Å². The molecule has 0 aliphatic carbocycles. The van der Waals surface area contributed by atoms with Gasteiger partial charge in [0.25, 0.3) is 0 Å². The highest BCUT2D eigenvalue weighted by atomic mass is 16.5. The summed E-state index contributed by atoms with van der Waals surface area (Å²) in [4.78, 5) is 0. The summed E-state index contributed by atoms with van der Waals surface area (Å²) in [6, 6.07) is 0. The van der Waals surface area contributed by atoms with Gasteiger partial charge in [0, 0.05) is 82.3 Å². The molecule has 0 saturated carbocycles. The van der Waals surface area contributed by atoms with E-state index in [1.165, 1.54) is 44.9 Å². The molecule has 33 heavy (non-hydrogen) atoms. The molecule has 0 heterocycles. The quantitative estimate of drug-likeness (QED) is 0.263. The van der Waals surface area contributed by atoms with Gasteiger partial charge < -0.3 is 28.4 Å². The third kappa shape index (κ3) is 203. The first-order chi connectivity index (χ1) is 15.9. The summed E-state index contributed by atoms with van der Waals surface area (Å²) >= 11 is 0. The minimum Gasteiger partial charge on any atom is -0.385 e. The SMILES string of the molecule is CCCCCCCCC.CCOC.CCOC.CCOC.CCOC.CCOC.CCOC. The number of unbranched alkanes of at least 4 members (excludes halogenated alkanes) is 6. The van der Waals surface area contributed by atoms with E-state index in [-0.39, 0.29) is 0 Å². The average molecular weight is 489 g/mol. The number of rotatable bonds is 12. The molecule has 0 aromatic carbocycles. The first kappa shape index (κ1) is 49.8.